The summed E-state index contributed by atoms with van der Waals surface area (Å²) in [7, 11) is 3.26. The first-order chi connectivity index (χ1) is 16.4. The third-order valence-electron chi connectivity index (χ3n) is 4.80. The number of benzene rings is 2. The van der Waals surface area contributed by atoms with Crippen molar-refractivity contribution in [3.63, 3.8) is 0 Å². The van der Waals surface area contributed by atoms with Crippen LogP contribution in [0.2, 0.25) is 0 Å². The second-order valence-electron chi connectivity index (χ2n) is 7.13. The van der Waals surface area contributed by atoms with Crippen LogP contribution in [0.5, 0.6) is 11.5 Å². The number of nitrogens with zero attached hydrogens (tertiary/aromatic N) is 3. The van der Waals surface area contributed by atoms with E-state index in [-0.39, 0.29) is 24.2 Å². The second kappa shape index (κ2) is 12.1. The van der Waals surface area contributed by atoms with Crippen molar-refractivity contribution >= 4 is 29.3 Å². The summed E-state index contributed by atoms with van der Waals surface area (Å²) >= 11 is 1.20. The molecule has 0 unspecified atom stereocenters. The number of ether oxygens (including phenoxy) is 2. The van der Waals surface area contributed by atoms with E-state index in [1.54, 1.807) is 67.3 Å². The van der Waals surface area contributed by atoms with Gasteiger partial charge in [-0.1, -0.05) is 11.8 Å². The highest BCUT2D eigenvalue weighted by Gasteiger charge is 2.22. The Labute approximate surface area is 201 Å². The maximum Gasteiger partial charge on any atom is 0.251 e. The molecular weight excluding hydrogens is 458 g/mol. The van der Waals surface area contributed by atoms with Gasteiger partial charge < -0.3 is 29.8 Å². The van der Waals surface area contributed by atoms with Gasteiger partial charge in [0.05, 0.1) is 26.1 Å². The number of thioether (sulfide) groups is 1. The molecule has 2 amide bonds. The lowest BCUT2D eigenvalue weighted by Crippen LogP contribution is -2.32. The topological polar surface area (TPSA) is 128 Å². The Morgan fingerprint density at radius 2 is 1.76 bits per heavy atom. The predicted molar refractivity (Wildman–Crippen MR) is 128 cm³/mol. The first-order valence-electron chi connectivity index (χ1n) is 10.6. The van der Waals surface area contributed by atoms with Crippen LogP contribution in [-0.4, -0.2) is 57.8 Å². The molecule has 3 rings (SSSR count). The zero-order valence-electron chi connectivity index (χ0n) is 19.1. The molecule has 0 aliphatic heterocycles. The number of nitrogens with one attached hydrogen (secondary N) is 2. The van der Waals surface area contributed by atoms with Crippen molar-refractivity contribution in [1.29, 1.82) is 0 Å². The summed E-state index contributed by atoms with van der Waals surface area (Å²) in [6, 6.07) is 13.0. The number of anilines is 1. The van der Waals surface area contributed by atoms with Crippen LogP contribution in [0, 0.1) is 0 Å². The number of hydrogen-bond donors (Lipinski definition) is 3. The summed E-state index contributed by atoms with van der Waals surface area (Å²) in [5, 5.41) is 24.1. The summed E-state index contributed by atoms with van der Waals surface area (Å²) in [5.41, 5.74) is 1.08. The largest absolute Gasteiger partial charge is 0.497 e. The Morgan fingerprint density at radius 1 is 1.09 bits per heavy atom. The van der Waals surface area contributed by atoms with Gasteiger partial charge >= 0.3 is 0 Å². The number of aliphatic hydroxyl groups is 1. The Bertz CT molecular complexity index is 1100. The molecule has 0 aliphatic rings. The number of hydrogen-bond acceptors (Lipinski definition) is 8. The van der Waals surface area contributed by atoms with Crippen molar-refractivity contribution in [2.24, 2.45) is 7.05 Å². The molecule has 0 radical (unpaired) electrons. The van der Waals surface area contributed by atoms with E-state index in [1.165, 1.54) is 11.8 Å². The lowest BCUT2D eigenvalue weighted by Gasteiger charge is -2.16. The Balaban J connectivity index is 1.57. The fourth-order valence-corrected chi connectivity index (χ4v) is 3.78. The predicted octanol–water partition coefficient (Wildman–Crippen LogP) is 2.42. The van der Waals surface area contributed by atoms with Gasteiger partial charge in [0, 0.05) is 18.3 Å². The van der Waals surface area contributed by atoms with E-state index in [0.29, 0.717) is 34.6 Å². The first kappa shape index (κ1) is 25.1. The maximum absolute atomic E-state index is 12.6. The Kier molecular flexibility index (Phi) is 8.88. The molecule has 11 heteroatoms. The van der Waals surface area contributed by atoms with Gasteiger partial charge in [-0.15, -0.1) is 10.2 Å². The number of carbonyl (C=O) groups excluding carboxylic acids is 2. The molecule has 10 nitrogen and oxygen atoms in total. The highest BCUT2D eigenvalue weighted by molar-refractivity contribution is 7.99. The molecule has 3 N–H and O–H groups in total. The van der Waals surface area contributed by atoms with Gasteiger partial charge in [-0.2, -0.15) is 0 Å². The molecule has 1 atom stereocenters. The van der Waals surface area contributed by atoms with Gasteiger partial charge in [-0.25, -0.2) is 0 Å². The molecule has 34 heavy (non-hydrogen) atoms. The number of methoxy groups -OCH3 is 1. The number of carbonyl (C=O) groups is 2. The van der Waals surface area contributed by atoms with E-state index in [1.807, 2.05) is 6.92 Å². The molecule has 3 aromatic rings. The van der Waals surface area contributed by atoms with Gasteiger partial charge in [0.15, 0.2) is 11.0 Å². The van der Waals surface area contributed by atoms with Crippen molar-refractivity contribution < 1.29 is 24.2 Å². The van der Waals surface area contributed by atoms with Gasteiger partial charge in [0.1, 0.15) is 17.5 Å². The highest BCUT2D eigenvalue weighted by atomic mass is 32.2. The van der Waals surface area contributed by atoms with Crippen LogP contribution in [-0.2, 0) is 11.8 Å². The van der Waals surface area contributed by atoms with Crippen LogP contribution in [0.3, 0.4) is 0 Å². The fourth-order valence-electron chi connectivity index (χ4n) is 3.06. The molecule has 180 valence electrons. The smallest absolute Gasteiger partial charge is 0.251 e. The van der Waals surface area contributed by atoms with Crippen molar-refractivity contribution in [2.75, 3.05) is 31.4 Å². The summed E-state index contributed by atoms with van der Waals surface area (Å²) < 4.78 is 12.1. The first-order valence-corrected chi connectivity index (χ1v) is 11.5. The maximum atomic E-state index is 12.6. The van der Waals surface area contributed by atoms with Crippen molar-refractivity contribution in [2.45, 2.75) is 18.1 Å². The zero-order chi connectivity index (χ0) is 24.5. The SMILES string of the molecule is CCOc1ccc(NC(=O)CSc2nnc([C@H](CO)NC(=O)c3ccc(OC)cc3)n2C)cc1. The van der Waals surface area contributed by atoms with Crippen LogP contribution in [0.25, 0.3) is 0 Å². The molecule has 0 aliphatic carbocycles. The molecule has 0 fully saturated rings. The molecule has 2 aromatic carbocycles. The van der Waals surface area contributed by atoms with Crippen molar-refractivity contribution in [3.8, 4) is 11.5 Å². The minimum Gasteiger partial charge on any atom is -0.497 e. The van der Waals surface area contributed by atoms with E-state index in [2.05, 4.69) is 20.8 Å². The van der Waals surface area contributed by atoms with Crippen LogP contribution in [0.4, 0.5) is 5.69 Å². The summed E-state index contributed by atoms with van der Waals surface area (Å²) in [5.74, 6) is 1.29. The lowest BCUT2D eigenvalue weighted by molar-refractivity contribution is -0.113. The van der Waals surface area contributed by atoms with E-state index >= 15 is 0 Å². The van der Waals surface area contributed by atoms with Crippen LogP contribution in [0.1, 0.15) is 29.1 Å². The zero-order valence-corrected chi connectivity index (χ0v) is 20.0. The monoisotopic (exact) mass is 485 g/mol. The molecule has 1 aromatic heterocycles. The molecule has 0 spiro atoms. The lowest BCUT2D eigenvalue weighted by atomic mass is 10.2. The molecule has 0 saturated heterocycles. The molecule has 1 heterocycles. The summed E-state index contributed by atoms with van der Waals surface area (Å²) in [4.78, 5) is 24.9. The molecular formula is C23H27N5O5S. The fraction of sp³-hybridized carbons (Fsp3) is 0.304. The summed E-state index contributed by atoms with van der Waals surface area (Å²) in [6.45, 7) is 2.11. The average Bonchev–Trinajstić information content (AvgIpc) is 3.22. The van der Waals surface area contributed by atoms with E-state index in [0.717, 1.165) is 5.75 Å². The number of aliphatic hydroxyl groups excluding tert-OH is 1. The van der Waals surface area contributed by atoms with E-state index < -0.39 is 6.04 Å². The molecule has 0 saturated carbocycles. The van der Waals surface area contributed by atoms with E-state index in [4.69, 9.17) is 9.47 Å². The van der Waals surface area contributed by atoms with E-state index in [9.17, 15) is 14.7 Å². The Morgan fingerprint density at radius 3 is 2.38 bits per heavy atom. The van der Waals surface area contributed by atoms with Gasteiger partial charge in [-0.05, 0) is 55.5 Å². The highest BCUT2D eigenvalue weighted by Crippen LogP contribution is 2.21. The second-order valence-corrected chi connectivity index (χ2v) is 8.07. The van der Waals surface area contributed by atoms with Crippen molar-refractivity contribution in [1.82, 2.24) is 20.1 Å². The third kappa shape index (κ3) is 6.49. The van der Waals surface area contributed by atoms with Gasteiger partial charge in [0.25, 0.3) is 5.91 Å². The minimum atomic E-state index is -0.765. The number of amides is 2. The number of rotatable bonds is 11. The minimum absolute atomic E-state index is 0.112. The average molecular weight is 486 g/mol. The summed E-state index contributed by atoms with van der Waals surface area (Å²) in [6.07, 6.45) is 0. The van der Waals surface area contributed by atoms with Crippen LogP contribution in [0.15, 0.2) is 53.7 Å². The van der Waals surface area contributed by atoms with Gasteiger partial charge in [0.2, 0.25) is 5.91 Å². The standard InChI is InChI=1S/C23H27N5O5S/c1-4-33-18-11-7-16(8-12-18)24-20(30)14-34-23-27-26-21(28(23)2)19(13-29)25-22(31)15-5-9-17(32-3)10-6-15/h5-12,19,29H,4,13-14H2,1-3H3,(H,24,30)(H,25,31)/t19-/m0/s1. The normalized spacial score (nSPS) is 11.5. The number of aromatic nitrogens is 3. The molecule has 0 bridgehead atoms. The Hall–Kier alpha value is -3.57. The van der Waals surface area contributed by atoms with Gasteiger partial charge in [-0.3, -0.25) is 9.59 Å². The third-order valence-corrected chi connectivity index (χ3v) is 5.82. The van der Waals surface area contributed by atoms with Crippen LogP contribution >= 0.6 is 11.8 Å². The quantitative estimate of drug-likeness (QED) is 0.353. The van der Waals surface area contributed by atoms with Crippen LogP contribution < -0.4 is 20.1 Å². The van der Waals surface area contributed by atoms with Crippen molar-refractivity contribution in [3.05, 3.63) is 59.9 Å².